The Morgan fingerprint density at radius 1 is 1.03 bits per heavy atom. The molecule has 6 nitrogen and oxygen atoms in total. The Labute approximate surface area is 164 Å². The Morgan fingerprint density at radius 3 is 2.34 bits per heavy atom. The Balaban J connectivity index is 1.96. The minimum atomic E-state index is -4.61. The van der Waals surface area contributed by atoms with Crippen LogP contribution in [0.1, 0.15) is 21.5 Å². The van der Waals surface area contributed by atoms with Gasteiger partial charge in [-0.3, -0.25) is 4.79 Å². The Morgan fingerprint density at radius 2 is 1.72 bits per heavy atom. The third-order valence-corrected chi connectivity index (χ3v) is 3.86. The number of nitrogens with one attached hydrogen (secondary N) is 1. The predicted molar refractivity (Wildman–Crippen MR) is 95.8 cm³/mol. The molecule has 0 aliphatic heterocycles. The molecule has 2 rings (SSSR count). The zero-order valence-electron chi connectivity index (χ0n) is 15.4. The fourth-order valence-corrected chi connectivity index (χ4v) is 2.46. The van der Waals surface area contributed by atoms with Crippen molar-refractivity contribution in [3.8, 4) is 0 Å². The number of methoxy groups -OCH3 is 1. The number of ether oxygens (including phenoxy) is 2. The van der Waals surface area contributed by atoms with Gasteiger partial charge in [0, 0.05) is 6.42 Å². The van der Waals surface area contributed by atoms with Crippen LogP contribution in [0.15, 0.2) is 54.6 Å². The molecule has 0 unspecified atom stereocenters. The van der Waals surface area contributed by atoms with Crippen LogP contribution in [0.2, 0.25) is 0 Å². The van der Waals surface area contributed by atoms with E-state index < -0.39 is 42.2 Å². The molecule has 1 N–H and O–H groups in total. The van der Waals surface area contributed by atoms with Crippen LogP contribution >= 0.6 is 0 Å². The SMILES string of the molecule is COC(=O)[C@H](Cc1ccccc1)NC(=O)COC(=O)c1cccc(C(F)(F)F)c1. The summed E-state index contributed by atoms with van der Waals surface area (Å²) >= 11 is 0. The summed E-state index contributed by atoms with van der Waals surface area (Å²) in [6.07, 6.45) is -4.46. The van der Waals surface area contributed by atoms with Gasteiger partial charge in [-0.25, -0.2) is 9.59 Å². The van der Waals surface area contributed by atoms with E-state index in [0.717, 1.165) is 23.8 Å². The number of esters is 2. The van der Waals surface area contributed by atoms with Gasteiger partial charge in [0.15, 0.2) is 6.61 Å². The monoisotopic (exact) mass is 409 g/mol. The number of halogens is 3. The van der Waals surface area contributed by atoms with Crippen molar-refractivity contribution in [2.45, 2.75) is 18.6 Å². The molecule has 1 amide bonds. The quantitative estimate of drug-likeness (QED) is 0.712. The van der Waals surface area contributed by atoms with Gasteiger partial charge >= 0.3 is 18.1 Å². The minimum absolute atomic E-state index is 0.154. The zero-order chi connectivity index (χ0) is 21.4. The molecule has 0 saturated carbocycles. The summed E-state index contributed by atoms with van der Waals surface area (Å²) in [5.74, 6) is -2.58. The van der Waals surface area contributed by atoms with Crippen LogP contribution in [-0.2, 0) is 31.7 Å². The van der Waals surface area contributed by atoms with Crippen molar-refractivity contribution >= 4 is 17.8 Å². The van der Waals surface area contributed by atoms with Crippen LogP contribution in [0, 0.1) is 0 Å². The first kappa shape index (κ1) is 21.9. The molecule has 0 aliphatic rings. The van der Waals surface area contributed by atoms with Crippen molar-refractivity contribution in [2.75, 3.05) is 13.7 Å². The van der Waals surface area contributed by atoms with Crippen LogP contribution in [-0.4, -0.2) is 37.6 Å². The second-order valence-electron chi connectivity index (χ2n) is 5.99. The van der Waals surface area contributed by atoms with E-state index in [9.17, 15) is 27.6 Å². The van der Waals surface area contributed by atoms with Gasteiger partial charge in [0.25, 0.3) is 5.91 Å². The highest BCUT2D eigenvalue weighted by molar-refractivity contribution is 5.92. The number of hydrogen-bond acceptors (Lipinski definition) is 5. The lowest BCUT2D eigenvalue weighted by Gasteiger charge is -2.16. The van der Waals surface area contributed by atoms with Crippen LogP contribution in [0.25, 0.3) is 0 Å². The Hall–Kier alpha value is -3.36. The molecule has 9 heteroatoms. The zero-order valence-corrected chi connectivity index (χ0v) is 15.4. The van der Waals surface area contributed by atoms with E-state index in [2.05, 4.69) is 10.1 Å². The van der Waals surface area contributed by atoms with Crippen molar-refractivity contribution in [3.63, 3.8) is 0 Å². The third kappa shape index (κ3) is 6.63. The van der Waals surface area contributed by atoms with Crippen LogP contribution in [0.4, 0.5) is 13.2 Å². The topological polar surface area (TPSA) is 81.7 Å². The van der Waals surface area contributed by atoms with E-state index in [1.165, 1.54) is 7.11 Å². The van der Waals surface area contributed by atoms with E-state index in [1.54, 1.807) is 30.3 Å². The fourth-order valence-electron chi connectivity index (χ4n) is 2.46. The summed E-state index contributed by atoms with van der Waals surface area (Å²) in [4.78, 5) is 35.9. The maximum atomic E-state index is 12.7. The standard InChI is InChI=1S/C20H18F3NO5/c1-28-19(27)16(10-13-6-3-2-4-7-13)24-17(25)12-29-18(26)14-8-5-9-15(11-14)20(21,22)23/h2-9,11,16H,10,12H2,1H3,(H,24,25)/t16-/m0/s1. The average molecular weight is 409 g/mol. The number of rotatable bonds is 7. The first-order valence-corrected chi connectivity index (χ1v) is 8.46. The molecule has 0 aromatic heterocycles. The van der Waals surface area contributed by atoms with Gasteiger partial charge in [0.2, 0.25) is 0 Å². The Bertz CT molecular complexity index is 868. The van der Waals surface area contributed by atoms with Crippen LogP contribution < -0.4 is 5.32 Å². The molecule has 154 valence electrons. The lowest BCUT2D eigenvalue weighted by Crippen LogP contribution is -2.44. The molecule has 29 heavy (non-hydrogen) atoms. The van der Waals surface area contributed by atoms with E-state index in [1.807, 2.05) is 0 Å². The lowest BCUT2D eigenvalue weighted by molar-refractivity contribution is -0.145. The number of benzene rings is 2. The second-order valence-corrected chi connectivity index (χ2v) is 5.99. The molecule has 0 saturated heterocycles. The molecular weight excluding hydrogens is 391 g/mol. The number of carbonyl (C=O) groups excluding carboxylic acids is 3. The maximum Gasteiger partial charge on any atom is 0.416 e. The van der Waals surface area contributed by atoms with E-state index >= 15 is 0 Å². The van der Waals surface area contributed by atoms with Gasteiger partial charge in [-0.15, -0.1) is 0 Å². The first-order valence-electron chi connectivity index (χ1n) is 8.46. The van der Waals surface area contributed by atoms with E-state index in [0.29, 0.717) is 6.07 Å². The smallest absolute Gasteiger partial charge is 0.416 e. The molecule has 0 aliphatic carbocycles. The largest absolute Gasteiger partial charge is 0.467 e. The molecule has 1 atom stereocenters. The highest BCUT2D eigenvalue weighted by Crippen LogP contribution is 2.29. The summed E-state index contributed by atoms with van der Waals surface area (Å²) < 4.78 is 47.6. The lowest BCUT2D eigenvalue weighted by atomic mass is 10.1. The molecule has 0 bridgehead atoms. The highest BCUT2D eigenvalue weighted by atomic mass is 19.4. The molecule has 0 fully saturated rings. The van der Waals surface area contributed by atoms with Crippen LogP contribution in [0.3, 0.4) is 0 Å². The summed E-state index contributed by atoms with van der Waals surface area (Å²) in [7, 11) is 1.17. The van der Waals surface area contributed by atoms with E-state index in [4.69, 9.17) is 4.74 Å². The molecule has 0 radical (unpaired) electrons. The Kier molecular flexibility index (Phi) is 7.35. The number of amides is 1. The van der Waals surface area contributed by atoms with Gasteiger partial charge in [-0.05, 0) is 23.8 Å². The van der Waals surface area contributed by atoms with Gasteiger partial charge in [-0.2, -0.15) is 13.2 Å². The van der Waals surface area contributed by atoms with Crippen molar-refractivity contribution in [1.82, 2.24) is 5.32 Å². The molecule has 0 heterocycles. The number of alkyl halides is 3. The number of carbonyl (C=O) groups is 3. The van der Waals surface area contributed by atoms with Crippen molar-refractivity contribution in [2.24, 2.45) is 0 Å². The summed E-state index contributed by atoms with van der Waals surface area (Å²) in [6, 6.07) is 11.5. The van der Waals surface area contributed by atoms with Crippen LogP contribution in [0.5, 0.6) is 0 Å². The second kappa shape index (κ2) is 9.72. The van der Waals surface area contributed by atoms with Crippen molar-refractivity contribution in [1.29, 1.82) is 0 Å². The first-order chi connectivity index (χ1) is 13.7. The average Bonchev–Trinajstić information content (AvgIpc) is 2.71. The normalized spacial score (nSPS) is 12.0. The summed E-state index contributed by atoms with van der Waals surface area (Å²) in [5, 5.41) is 2.39. The molecule has 2 aromatic carbocycles. The van der Waals surface area contributed by atoms with Gasteiger partial charge in [-0.1, -0.05) is 36.4 Å². The van der Waals surface area contributed by atoms with Crippen molar-refractivity contribution < 1.29 is 37.0 Å². The summed E-state index contributed by atoms with van der Waals surface area (Å²) in [6.45, 7) is -0.767. The van der Waals surface area contributed by atoms with Crippen molar-refractivity contribution in [3.05, 3.63) is 71.3 Å². The molecule has 2 aromatic rings. The maximum absolute atomic E-state index is 12.7. The summed E-state index contributed by atoms with van der Waals surface area (Å²) in [5.41, 5.74) is -0.587. The third-order valence-electron chi connectivity index (χ3n) is 3.86. The highest BCUT2D eigenvalue weighted by Gasteiger charge is 2.31. The van der Waals surface area contributed by atoms with Gasteiger partial charge < -0.3 is 14.8 Å². The van der Waals surface area contributed by atoms with Gasteiger partial charge in [0.05, 0.1) is 18.2 Å². The molecule has 0 spiro atoms. The number of hydrogen-bond donors (Lipinski definition) is 1. The predicted octanol–water partition coefficient (Wildman–Crippen LogP) is 2.76. The minimum Gasteiger partial charge on any atom is -0.467 e. The van der Waals surface area contributed by atoms with Gasteiger partial charge in [0.1, 0.15) is 6.04 Å². The fraction of sp³-hybridized carbons (Fsp3) is 0.250. The van der Waals surface area contributed by atoms with E-state index in [-0.39, 0.29) is 12.0 Å². The molecular formula is C20H18F3NO5.